The van der Waals surface area contributed by atoms with Crippen LogP contribution in [0.1, 0.15) is 39.1 Å². The Morgan fingerprint density at radius 3 is 2.42 bits per heavy atom. The fourth-order valence-electron chi connectivity index (χ4n) is 3.27. The average Bonchev–Trinajstić information content (AvgIpc) is 3.00. The molecule has 2 amide bonds. The van der Waals surface area contributed by atoms with Crippen molar-refractivity contribution in [2.24, 2.45) is 0 Å². The van der Waals surface area contributed by atoms with E-state index >= 15 is 0 Å². The summed E-state index contributed by atoms with van der Waals surface area (Å²) in [6, 6.07) is 13.1. The van der Waals surface area contributed by atoms with Gasteiger partial charge in [-0.3, -0.25) is 0 Å². The van der Waals surface area contributed by atoms with Crippen LogP contribution in [-0.4, -0.2) is 68.5 Å². The van der Waals surface area contributed by atoms with Gasteiger partial charge in [-0.15, -0.1) is 0 Å². The second-order valence-corrected chi connectivity index (χ2v) is 7.76. The van der Waals surface area contributed by atoms with Crippen LogP contribution < -0.4 is 4.74 Å². The molecular weight excluding hydrogens is 465 g/mol. The van der Waals surface area contributed by atoms with Gasteiger partial charge in [0.25, 0.3) is 0 Å². The van der Waals surface area contributed by atoms with Gasteiger partial charge in [-0.05, 0) is 0 Å². The molecule has 1 aliphatic heterocycles. The molecule has 0 aliphatic carbocycles. The van der Waals surface area contributed by atoms with Crippen molar-refractivity contribution in [2.75, 3.05) is 13.2 Å². The van der Waals surface area contributed by atoms with Crippen LogP contribution in [0.3, 0.4) is 0 Å². The molecule has 160 valence electrons. The van der Waals surface area contributed by atoms with E-state index < -0.39 is 28.4 Å². The van der Waals surface area contributed by atoms with Crippen LogP contribution in [0.25, 0.3) is 0 Å². The Kier molecular flexibility index (Phi) is 7.60. The van der Waals surface area contributed by atoms with Crippen LogP contribution in [0.5, 0.6) is 5.75 Å². The Labute approximate surface area is 187 Å². The van der Waals surface area contributed by atoms with Gasteiger partial charge < -0.3 is 0 Å². The number of imide groups is 1. The zero-order valence-corrected chi connectivity index (χ0v) is 18.4. The zero-order valence-electron chi connectivity index (χ0n) is 16.5. The first kappa shape index (κ1) is 22.7. The normalized spacial score (nSPS) is 13.8. The standard InChI is InChI=1S/C22H20AsNO7/c23-20(27)16(9-10-18(25)26)24-21(28)15-7-4-8-17(19(15)22(24)29)31-12-11-30-13-14-5-2-1-3-6-14/h1-8,16H,9-13H2,(H,25,26). The third-order valence-electron chi connectivity index (χ3n) is 4.73. The molecule has 0 spiro atoms. The van der Waals surface area contributed by atoms with Gasteiger partial charge >= 0.3 is 157 Å². The van der Waals surface area contributed by atoms with E-state index in [9.17, 15) is 19.2 Å². The Morgan fingerprint density at radius 2 is 1.74 bits per heavy atom. The molecule has 31 heavy (non-hydrogen) atoms. The van der Waals surface area contributed by atoms with Gasteiger partial charge in [-0.2, -0.15) is 0 Å². The molecule has 2 aromatic rings. The number of nitrogens with zero attached hydrogens (tertiary/aromatic N) is 1. The van der Waals surface area contributed by atoms with E-state index in [4.69, 9.17) is 14.6 Å². The number of aliphatic carboxylic acids is 1. The van der Waals surface area contributed by atoms with E-state index in [0.29, 0.717) is 6.61 Å². The summed E-state index contributed by atoms with van der Waals surface area (Å²) >= 11 is 1.75. The molecule has 0 bridgehead atoms. The fourth-order valence-corrected chi connectivity index (χ4v) is 3.79. The van der Waals surface area contributed by atoms with Crippen LogP contribution in [-0.2, 0) is 20.9 Å². The van der Waals surface area contributed by atoms with Crippen LogP contribution >= 0.6 is 0 Å². The third kappa shape index (κ3) is 5.40. The van der Waals surface area contributed by atoms with Crippen LogP contribution in [0.4, 0.5) is 0 Å². The molecule has 9 heteroatoms. The topological polar surface area (TPSA) is 110 Å². The second-order valence-electron chi connectivity index (χ2n) is 6.83. The predicted molar refractivity (Wildman–Crippen MR) is 110 cm³/mol. The molecule has 0 saturated carbocycles. The summed E-state index contributed by atoms with van der Waals surface area (Å²) in [6.45, 7) is 0.859. The molecule has 1 N–H and O–H groups in total. The van der Waals surface area contributed by atoms with E-state index in [-0.39, 0.29) is 42.9 Å². The maximum absolute atomic E-state index is 13.0. The minimum absolute atomic E-state index is 0.0737. The summed E-state index contributed by atoms with van der Waals surface area (Å²) in [5, 5.41) is 8.91. The first-order valence-electron chi connectivity index (χ1n) is 9.60. The molecule has 1 unspecified atom stereocenters. The van der Waals surface area contributed by atoms with Crippen LogP contribution in [0, 0.1) is 0 Å². The summed E-state index contributed by atoms with van der Waals surface area (Å²) in [4.78, 5) is 49.5. The summed E-state index contributed by atoms with van der Waals surface area (Å²) in [7, 11) is 0. The number of carbonyl (C=O) groups is 4. The Bertz CT molecular complexity index is 993. The molecule has 0 saturated heterocycles. The number of hydrogen-bond acceptors (Lipinski definition) is 6. The first-order valence-corrected chi connectivity index (χ1v) is 10.5. The summed E-state index contributed by atoms with van der Waals surface area (Å²) < 4.78 is 10.7. The summed E-state index contributed by atoms with van der Waals surface area (Å²) in [5.74, 6) is -2.21. The van der Waals surface area contributed by atoms with Crippen molar-refractivity contribution >= 4 is 39.2 Å². The number of carbonyl (C=O) groups excluding carboxylic acids is 3. The molecule has 3 rings (SSSR count). The van der Waals surface area contributed by atoms with E-state index in [2.05, 4.69) is 0 Å². The van der Waals surface area contributed by atoms with E-state index in [1.54, 1.807) is 29.0 Å². The van der Waals surface area contributed by atoms with Crippen molar-refractivity contribution in [1.29, 1.82) is 0 Å². The number of amides is 2. The van der Waals surface area contributed by atoms with Gasteiger partial charge in [-0.1, -0.05) is 30.3 Å². The van der Waals surface area contributed by atoms with Crippen molar-refractivity contribution in [1.82, 2.24) is 4.90 Å². The molecule has 0 aromatic heterocycles. The first-order chi connectivity index (χ1) is 14.9. The van der Waals surface area contributed by atoms with E-state index in [1.807, 2.05) is 30.3 Å². The average molecular weight is 485 g/mol. The molecule has 2 radical (unpaired) electrons. The number of ether oxygens (including phenoxy) is 2. The summed E-state index contributed by atoms with van der Waals surface area (Å²) in [5.41, 5.74) is 1.22. The Balaban J connectivity index is 1.67. The van der Waals surface area contributed by atoms with Gasteiger partial charge in [-0.25, -0.2) is 0 Å². The van der Waals surface area contributed by atoms with E-state index in [1.165, 1.54) is 6.07 Å². The summed E-state index contributed by atoms with van der Waals surface area (Å²) in [6.07, 6.45) is -0.498. The minimum atomic E-state index is -1.16. The van der Waals surface area contributed by atoms with Gasteiger partial charge in [0.2, 0.25) is 0 Å². The van der Waals surface area contributed by atoms with Crippen LogP contribution in [0.15, 0.2) is 48.5 Å². The number of benzene rings is 2. The molecular formula is C22H20AsNO7. The van der Waals surface area contributed by atoms with Gasteiger partial charge in [0, 0.05) is 0 Å². The maximum atomic E-state index is 13.0. The molecule has 0 fully saturated rings. The van der Waals surface area contributed by atoms with Crippen LogP contribution in [0.2, 0.25) is 0 Å². The number of fused-ring (bicyclic) bond motifs is 1. The quantitative estimate of drug-likeness (QED) is 0.294. The van der Waals surface area contributed by atoms with Gasteiger partial charge in [0.05, 0.1) is 0 Å². The number of hydrogen-bond donors (Lipinski definition) is 1. The van der Waals surface area contributed by atoms with Crippen molar-refractivity contribution < 1.29 is 33.8 Å². The van der Waals surface area contributed by atoms with Crippen molar-refractivity contribution in [3.8, 4) is 5.75 Å². The molecule has 1 atom stereocenters. The van der Waals surface area contributed by atoms with Gasteiger partial charge in [0.1, 0.15) is 0 Å². The second kappa shape index (κ2) is 10.4. The van der Waals surface area contributed by atoms with Gasteiger partial charge in [0.15, 0.2) is 0 Å². The van der Waals surface area contributed by atoms with Crippen molar-refractivity contribution in [2.45, 2.75) is 25.5 Å². The molecule has 1 heterocycles. The monoisotopic (exact) mass is 485 g/mol. The molecule has 2 aromatic carbocycles. The van der Waals surface area contributed by atoms with Crippen molar-refractivity contribution in [3.63, 3.8) is 0 Å². The number of carboxylic acid groups (broad SMARTS) is 1. The Morgan fingerprint density at radius 1 is 1.00 bits per heavy atom. The van der Waals surface area contributed by atoms with E-state index in [0.717, 1.165) is 10.5 Å². The molecule has 8 nitrogen and oxygen atoms in total. The zero-order chi connectivity index (χ0) is 22.4. The van der Waals surface area contributed by atoms with Crippen molar-refractivity contribution in [3.05, 3.63) is 65.2 Å². The Hall–Kier alpha value is -2.96. The molecule has 1 aliphatic rings. The third-order valence-corrected chi connectivity index (χ3v) is 5.36. The number of rotatable bonds is 11. The fraction of sp³-hybridized carbons (Fsp3) is 0.273. The number of carboxylic acids is 1. The SMILES string of the molecule is O=C(O)CCC(C(=O)[As])N1C(=O)c2cccc(OCCOCc3ccccc3)c2C1=O. The predicted octanol–water partition coefficient (Wildman–Crippen LogP) is 1.81.